The summed E-state index contributed by atoms with van der Waals surface area (Å²) in [5.41, 5.74) is 1.06. The van der Waals surface area contributed by atoms with E-state index in [-0.39, 0.29) is 6.04 Å². The van der Waals surface area contributed by atoms with Gasteiger partial charge in [0, 0.05) is 31.0 Å². The van der Waals surface area contributed by atoms with Crippen LogP contribution >= 0.6 is 0 Å². The maximum atomic E-state index is 5.40. The molecule has 0 saturated heterocycles. The summed E-state index contributed by atoms with van der Waals surface area (Å²) in [5, 5.41) is 6.66. The monoisotopic (exact) mass is 286 g/mol. The van der Waals surface area contributed by atoms with Crippen molar-refractivity contribution < 1.29 is 4.42 Å². The summed E-state index contributed by atoms with van der Waals surface area (Å²) in [6.45, 7) is 4.18. The van der Waals surface area contributed by atoms with Crippen molar-refractivity contribution in [2.75, 3.05) is 17.7 Å². The third-order valence-corrected chi connectivity index (χ3v) is 3.81. The fraction of sp³-hybridized carbons (Fsp3) is 0.500. The number of hydrogen-bond donors (Lipinski definition) is 2. The fourth-order valence-electron chi connectivity index (χ4n) is 2.46. The van der Waals surface area contributed by atoms with Crippen LogP contribution in [-0.4, -0.2) is 23.1 Å². The van der Waals surface area contributed by atoms with Crippen LogP contribution in [0, 0.1) is 6.92 Å². The van der Waals surface area contributed by atoms with Crippen LogP contribution in [0.2, 0.25) is 0 Å². The zero-order valence-corrected chi connectivity index (χ0v) is 12.8. The zero-order valence-electron chi connectivity index (χ0n) is 12.8. The molecule has 0 bridgehead atoms. The van der Waals surface area contributed by atoms with Crippen LogP contribution in [0.4, 0.5) is 11.6 Å². The van der Waals surface area contributed by atoms with Gasteiger partial charge in [0.1, 0.15) is 23.2 Å². The highest BCUT2D eigenvalue weighted by molar-refractivity contribution is 5.57. The molecule has 1 saturated carbocycles. The second-order valence-corrected chi connectivity index (χ2v) is 5.76. The Bertz CT molecular complexity index is 605. The molecule has 0 aliphatic heterocycles. The Kier molecular flexibility index (Phi) is 3.82. The van der Waals surface area contributed by atoms with Gasteiger partial charge in [0.05, 0.1) is 6.26 Å². The Balaban J connectivity index is 1.78. The maximum absolute atomic E-state index is 5.40. The predicted octanol–water partition coefficient (Wildman–Crippen LogP) is 3.34. The Morgan fingerprint density at radius 3 is 2.71 bits per heavy atom. The molecular formula is C16H22N4O. The summed E-state index contributed by atoms with van der Waals surface area (Å²) in [6, 6.07) is 4.17. The molecule has 1 atom stereocenters. The molecule has 0 amide bonds. The summed E-state index contributed by atoms with van der Waals surface area (Å²) < 4.78 is 5.40. The number of nitrogens with zero attached hydrogens (tertiary/aromatic N) is 2. The molecule has 3 rings (SSSR count). The highest BCUT2D eigenvalue weighted by atomic mass is 16.3. The van der Waals surface area contributed by atoms with E-state index >= 15 is 0 Å². The minimum atomic E-state index is 0.251. The molecule has 0 spiro atoms. The van der Waals surface area contributed by atoms with Crippen molar-refractivity contribution >= 4 is 11.6 Å². The van der Waals surface area contributed by atoms with Crippen molar-refractivity contribution in [3.05, 3.63) is 35.5 Å². The van der Waals surface area contributed by atoms with Crippen LogP contribution < -0.4 is 10.6 Å². The minimum absolute atomic E-state index is 0.251. The number of hydrogen-bond acceptors (Lipinski definition) is 5. The SMILES string of the molecule is CNc1nc(C2CC2)nc(NC(C)Cc2ccco2)c1C. The molecule has 1 aliphatic carbocycles. The zero-order chi connectivity index (χ0) is 14.8. The normalized spacial score (nSPS) is 15.8. The molecule has 0 aromatic carbocycles. The van der Waals surface area contributed by atoms with Gasteiger partial charge < -0.3 is 15.1 Å². The summed E-state index contributed by atoms with van der Waals surface area (Å²) >= 11 is 0. The van der Waals surface area contributed by atoms with Gasteiger partial charge in [0.15, 0.2) is 0 Å². The number of rotatable bonds is 6. The molecule has 2 heterocycles. The third-order valence-electron chi connectivity index (χ3n) is 3.81. The van der Waals surface area contributed by atoms with E-state index < -0.39 is 0 Å². The van der Waals surface area contributed by atoms with Crippen molar-refractivity contribution in [3.63, 3.8) is 0 Å². The van der Waals surface area contributed by atoms with Crippen LogP contribution in [0.5, 0.6) is 0 Å². The van der Waals surface area contributed by atoms with Gasteiger partial charge >= 0.3 is 0 Å². The quantitative estimate of drug-likeness (QED) is 0.852. The molecular weight excluding hydrogens is 264 g/mol. The first kappa shape index (κ1) is 13.9. The van der Waals surface area contributed by atoms with Crippen LogP contribution in [0.15, 0.2) is 22.8 Å². The molecule has 1 aliphatic rings. The van der Waals surface area contributed by atoms with E-state index in [0.717, 1.165) is 35.2 Å². The largest absolute Gasteiger partial charge is 0.469 e. The Morgan fingerprint density at radius 1 is 1.33 bits per heavy atom. The predicted molar refractivity (Wildman–Crippen MR) is 83.8 cm³/mol. The van der Waals surface area contributed by atoms with E-state index in [0.29, 0.717) is 5.92 Å². The average Bonchev–Trinajstić information content (AvgIpc) is 3.20. The lowest BCUT2D eigenvalue weighted by Gasteiger charge is -2.17. The topological polar surface area (TPSA) is 63.0 Å². The Morgan fingerprint density at radius 2 is 2.10 bits per heavy atom. The number of anilines is 2. The van der Waals surface area contributed by atoms with Crippen LogP contribution in [0.1, 0.15) is 42.8 Å². The van der Waals surface area contributed by atoms with Gasteiger partial charge in [0.2, 0.25) is 0 Å². The summed E-state index contributed by atoms with van der Waals surface area (Å²) in [4.78, 5) is 9.34. The Labute approximate surface area is 125 Å². The minimum Gasteiger partial charge on any atom is -0.469 e. The Hall–Kier alpha value is -2.04. The van der Waals surface area contributed by atoms with Crippen molar-refractivity contribution in [2.45, 2.75) is 45.1 Å². The van der Waals surface area contributed by atoms with Crippen LogP contribution in [0.25, 0.3) is 0 Å². The number of aromatic nitrogens is 2. The van der Waals surface area contributed by atoms with Crippen molar-refractivity contribution in [1.82, 2.24) is 9.97 Å². The van der Waals surface area contributed by atoms with Gasteiger partial charge in [-0.2, -0.15) is 0 Å². The standard InChI is InChI=1S/C16H22N4O/c1-10(9-13-5-4-8-21-13)18-15-11(2)14(17-3)19-16(20-15)12-6-7-12/h4-5,8,10,12H,6-7,9H2,1-3H3,(H2,17,18,19,20). The number of nitrogens with one attached hydrogen (secondary N) is 2. The van der Waals surface area contributed by atoms with Gasteiger partial charge in [-0.15, -0.1) is 0 Å². The van der Waals surface area contributed by atoms with Crippen LogP contribution in [-0.2, 0) is 6.42 Å². The molecule has 112 valence electrons. The van der Waals surface area contributed by atoms with E-state index in [9.17, 15) is 0 Å². The van der Waals surface area contributed by atoms with E-state index in [1.807, 2.05) is 26.1 Å². The van der Waals surface area contributed by atoms with E-state index in [4.69, 9.17) is 9.40 Å². The van der Waals surface area contributed by atoms with Gasteiger partial charge in [-0.3, -0.25) is 0 Å². The van der Waals surface area contributed by atoms with Crippen molar-refractivity contribution in [2.24, 2.45) is 0 Å². The lowest BCUT2D eigenvalue weighted by Crippen LogP contribution is -2.20. The lowest BCUT2D eigenvalue weighted by molar-refractivity contribution is 0.497. The molecule has 2 N–H and O–H groups in total. The number of furan rings is 1. The first-order valence-electron chi connectivity index (χ1n) is 7.52. The summed E-state index contributed by atoms with van der Waals surface area (Å²) in [6.07, 6.45) is 4.95. The summed E-state index contributed by atoms with van der Waals surface area (Å²) in [5.74, 6) is 4.32. The lowest BCUT2D eigenvalue weighted by atomic mass is 10.2. The van der Waals surface area contributed by atoms with Crippen molar-refractivity contribution in [3.8, 4) is 0 Å². The average molecular weight is 286 g/mol. The highest BCUT2D eigenvalue weighted by Crippen LogP contribution is 2.39. The first-order chi connectivity index (χ1) is 10.2. The molecule has 5 nitrogen and oxygen atoms in total. The van der Waals surface area contributed by atoms with E-state index in [1.165, 1.54) is 12.8 Å². The highest BCUT2D eigenvalue weighted by Gasteiger charge is 2.28. The molecule has 21 heavy (non-hydrogen) atoms. The third kappa shape index (κ3) is 3.17. The second-order valence-electron chi connectivity index (χ2n) is 5.76. The van der Waals surface area contributed by atoms with Crippen molar-refractivity contribution in [1.29, 1.82) is 0 Å². The second kappa shape index (κ2) is 5.76. The fourth-order valence-corrected chi connectivity index (χ4v) is 2.46. The van der Waals surface area contributed by atoms with Gasteiger partial charge in [0.25, 0.3) is 0 Å². The molecule has 2 aromatic heterocycles. The maximum Gasteiger partial charge on any atom is 0.136 e. The molecule has 2 aromatic rings. The first-order valence-corrected chi connectivity index (χ1v) is 7.52. The van der Waals surface area contributed by atoms with Crippen LogP contribution in [0.3, 0.4) is 0 Å². The van der Waals surface area contributed by atoms with Gasteiger partial charge in [-0.1, -0.05) is 0 Å². The van der Waals surface area contributed by atoms with Gasteiger partial charge in [-0.05, 0) is 38.8 Å². The molecule has 1 fully saturated rings. The molecule has 1 unspecified atom stereocenters. The van der Waals surface area contributed by atoms with E-state index in [1.54, 1.807) is 6.26 Å². The molecule has 5 heteroatoms. The van der Waals surface area contributed by atoms with Gasteiger partial charge in [-0.25, -0.2) is 9.97 Å². The van der Waals surface area contributed by atoms with E-state index in [2.05, 4.69) is 22.5 Å². The summed E-state index contributed by atoms with van der Waals surface area (Å²) in [7, 11) is 1.90. The molecule has 0 radical (unpaired) electrons. The smallest absolute Gasteiger partial charge is 0.136 e.